The van der Waals surface area contributed by atoms with Gasteiger partial charge in [-0.2, -0.15) is 0 Å². The van der Waals surface area contributed by atoms with E-state index in [-0.39, 0.29) is 0 Å². The molecule has 56 valence electrons. The maximum atomic E-state index is 9.18. The molecule has 0 bridgehead atoms. The first-order valence-electron chi connectivity index (χ1n) is 2.97. The van der Waals surface area contributed by atoms with Crippen LogP contribution in [0.1, 0.15) is 18.0 Å². The van der Waals surface area contributed by atoms with Crippen LogP contribution in [0, 0.1) is 0 Å². The quantitative estimate of drug-likeness (QED) is 0.662. The van der Waals surface area contributed by atoms with E-state index in [9.17, 15) is 5.11 Å². The van der Waals surface area contributed by atoms with Crippen LogP contribution >= 0.6 is 11.3 Å². The molecule has 0 spiro atoms. The molecule has 0 aromatic carbocycles. The van der Waals surface area contributed by atoms with Gasteiger partial charge in [0.1, 0.15) is 11.1 Å². The maximum Gasteiger partial charge on any atom is 0.131 e. The molecule has 1 rings (SSSR count). The van der Waals surface area contributed by atoms with Crippen molar-refractivity contribution < 1.29 is 10.2 Å². The molecule has 1 aromatic rings. The zero-order valence-corrected chi connectivity index (χ0v) is 6.38. The van der Waals surface area contributed by atoms with Gasteiger partial charge < -0.3 is 10.2 Å². The van der Waals surface area contributed by atoms with Crippen LogP contribution in [-0.4, -0.2) is 21.3 Å². The van der Waals surface area contributed by atoms with Gasteiger partial charge in [0.2, 0.25) is 0 Å². The average molecular weight is 159 g/mol. The number of thiazole rings is 1. The number of hydrogen-bond donors (Lipinski definition) is 2. The normalized spacial score (nSPS) is 16.7. The lowest BCUT2D eigenvalue weighted by atomic mass is 10.2. The molecule has 0 fully saturated rings. The third-order valence-corrected chi connectivity index (χ3v) is 2.01. The summed E-state index contributed by atoms with van der Waals surface area (Å²) in [6, 6.07) is 0. The Bertz CT molecular complexity index is 186. The van der Waals surface area contributed by atoms with Gasteiger partial charge in [-0.1, -0.05) is 0 Å². The molecular formula is C6H9NO2S. The van der Waals surface area contributed by atoms with Crippen molar-refractivity contribution in [1.29, 1.82) is 0 Å². The van der Waals surface area contributed by atoms with Gasteiger partial charge in [0.15, 0.2) is 0 Å². The van der Waals surface area contributed by atoms with E-state index in [4.69, 9.17) is 5.11 Å². The first kappa shape index (κ1) is 7.65. The summed E-state index contributed by atoms with van der Waals surface area (Å²) >= 11 is 1.34. The van der Waals surface area contributed by atoms with Crippen LogP contribution in [0.3, 0.4) is 0 Å². The Labute approximate surface area is 63.0 Å². The van der Waals surface area contributed by atoms with Gasteiger partial charge in [-0.3, -0.25) is 0 Å². The SMILES string of the molecule is CC(O)C(O)c1nccs1. The summed E-state index contributed by atoms with van der Waals surface area (Å²) in [5.74, 6) is 0. The molecule has 0 amide bonds. The maximum absolute atomic E-state index is 9.18. The summed E-state index contributed by atoms with van der Waals surface area (Å²) in [6.07, 6.45) is 0.0251. The number of aliphatic hydroxyl groups excluding tert-OH is 2. The third-order valence-electron chi connectivity index (χ3n) is 1.16. The molecule has 0 aliphatic heterocycles. The Morgan fingerprint density at radius 2 is 2.30 bits per heavy atom. The molecule has 2 N–H and O–H groups in total. The van der Waals surface area contributed by atoms with Gasteiger partial charge in [0.05, 0.1) is 6.10 Å². The lowest BCUT2D eigenvalue weighted by Gasteiger charge is -2.08. The van der Waals surface area contributed by atoms with Crippen LogP contribution in [0.4, 0.5) is 0 Å². The smallest absolute Gasteiger partial charge is 0.131 e. The van der Waals surface area contributed by atoms with Gasteiger partial charge in [0.25, 0.3) is 0 Å². The molecule has 0 saturated heterocycles. The number of aliphatic hydroxyl groups is 2. The van der Waals surface area contributed by atoms with E-state index >= 15 is 0 Å². The minimum Gasteiger partial charge on any atom is -0.390 e. The zero-order chi connectivity index (χ0) is 7.56. The fourth-order valence-electron chi connectivity index (χ4n) is 0.587. The number of nitrogens with zero attached hydrogens (tertiary/aromatic N) is 1. The monoisotopic (exact) mass is 159 g/mol. The lowest BCUT2D eigenvalue weighted by molar-refractivity contribution is 0.0304. The van der Waals surface area contributed by atoms with Gasteiger partial charge in [-0.05, 0) is 6.92 Å². The largest absolute Gasteiger partial charge is 0.390 e. The highest BCUT2D eigenvalue weighted by atomic mass is 32.1. The molecule has 0 radical (unpaired) electrons. The third kappa shape index (κ3) is 1.53. The van der Waals surface area contributed by atoms with E-state index in [1.54, 1.807) is 11.6 Å². The number of aromatic nitrogens is 1. The Morgan fingerprint density at radius 1 is 1.60 bits per heavy atom. The second-order valence-electron chi connectivity index (χ2n) is 2.06. The molecule has 2 atom stereocenters. The van der Waals surface area contributed by atoms with Gasteiger partial charge >= 0.3 is 0 Å². The molecule has 0 aliphatic carbocycles. The fourth-order valence-corrected chi connectivity index (χ4v) is 1.31. The summed E-state index contributed by atoms with van der Waals surface area (Å²) in [6.45, 7) is 1.53. The standard InChI is InChI=1S/C6H9NO2S/c1-4(8)5(9)6-7-2-3-10-6/h2-5,8-9H,1H3. The lowest BCUT2D eigenvalue weighted by Crippen LogP contribution is -2.13. The van der Waals surface area contributed by atoms with E-state index in [2.05, 4.69) is 4.98 Å². The van der Waals surface area contributed by atoms with Crippen molar-refractivity contribution in [2.75, 3.05) is 0 Å². The molecule has 0 aliphatic rings. The van der Waals surface area contributed by atoms with Crippen molar-refractivity contribution in [3.63, 3.8) is 0 Å². The highest BCUT2D eigenvalue weighted by Crippen LogP contribution is 2.17. The van der Waals surface area contributed by atoms with E-state index in [0.29, 0.717) is 5.01 Å². The molecule has 1 aromatic heterocycles. The van der Waals surface area contributed by atoms with Crippen LogP contribution in [0.2, 0.25) is 0 Å². The van der Waals surface area contributed by atoms with E-state index in [0.717, 1.165) is 0 Å². The predicted molar refractivity (Wildman–Crippen MR) is 38.8 cm³/mol. The summed E-state index contributed by atoms with van der Waals surface area (Å²) < 4.78 is 0. The number of hydrogen-bond acceptors (Lipinski definition) is 4. The highest BCUT2D eigenvalue weighted by molar-refractivity contribution is 7.09. The highest BCUT2D eigenvalue weighted by Gasteiger charge is 2.14. The molecular weight excluding hydrogens is 150 g/mol. The fraction of sp³-hybridized carbons (Fsp3) is 0.500. The van der Waals surface area contributed by atoms with Crippen LogP contribution in [0.15, 0.2) is 11.6 Å². The molecule has 3 nitrogen and oxygen atoms in total. The Morgan fingerprint density at radius 3 is 2.70 bits per heavy atom. The molecule has 10 heavy (non-hydrogen) atoms. The van der Waals surface area contributed by atoms with Crippen LogP contribution in [-0.2, 0) is 0 Å². The summed E-state index contributed by atoms with van der Waals surface area (Å²) in [4.78, 5) is 3.85. The summed E-state index contributed by atoms with van der Waals surface area (Å²) in [7, 11) is 0. The molecule has 1 heterocycles. The first-order valence-corrected chi connectivity index (χ1v) is 3.85. The minimum atomic E-state index is -0.833. The van der Waals surface area contributed by atoms with Crippen molar-refractivity contribution >= 4 is 11.3 Å². The Balaban J connectivity index is 2.68. The average Bonchev–Trinajstić information content (AvgIpc) is 2.36. The first-order chi connectivity index (χ1) is 4.72. The topological polar surface area (TPSA) is 53.4 Å². The minimum absolute atomic E-state index is 0.565. The van der Waals surface area contributed by atoms with Crippen LogP contribution in [0.25, 0.3) is 0 Å². The van der Waals surface area contributed by atoms with Crippen molar-refractivity contribution in [3.8, 4) is 0 Å². The second kappa shape index (κ2) is 3.09. The van der Waals surface area contributed by atoms with Gasteiger partial charge in [0, 0.05) is 11.6 Å². The molecule has 2 unspecified atom stereocenters. The number of rotatable bonds is 2. The molecule has 4 heteroatoms. The van der Waals surface area contributed by atoms with Gasteiger partial charge in [-0.15, -0.1) is 11.3 Å². The van der Waals surface area contributed by atoms with Crippen molar-refractivity contribution in [2.24, 2.45) is 0 Å². The second-order valence-corrected chi connectivity index (χ2v) is 2.98. The van der Waals surface area contributed by atoms with Crippen LogP contribution in [0.5, 0.6) is 0 Å². The summed E-state index contributed by atoms with van der Waals surface area (Å²) in [5.41, 5.74) is 0. The van der Waals surface area contributed by atoms with Crippen molar-refractivity contribution in [1.82, 2.24) is 4.98 Å². The Hall–Kier alpha value is -0.450. The van der Waals surface area contributed by atoms with E-state index in [1.807, 2.05) is 0 Å². The van der Waals surface area contributed by atoms with E-state index < -0.39 is 12.2 Å². The zero-order valence-electron chi connectivity index (χ0n) is 5.56. The Kier molecular flexibility index (Phi) is 2.37. The predicted octanol–water partition coefficient (Wildman–Crippen LogP) is 0.557. The van der Waals surface area contributed by atoms with Crippen LogP contribution < -0.4 is 0 Å². The van der Waals surface area contributed by atoms with Gasteiger partial charge in [-0.25, -0.2) is 4.98 Å². The van der Waals surface area contributed by atoms with Crippen molar-refractivity contribution in [2.45, 2.75) is 19.1 Å². The summed E-state index contributed by atoms with van der Waals surface area (Å²) in [5, 5.41) is 20.4. The molecule has 0 saturated carbocycles. The van der Waals surface area contributed by atoms with Crippen molar-refractivity contribution in [3.05, 3.63) is 16.6 Å². The van der Waals surface area contributed by atoms with E-state index in [1.165, 1.54) is 18.3 Å².